The van der Waals surface area contributed by atoms with Crippen molar-refractivity contribution in [2.24, 2.45) is 0 Å². The van der Waals surface area contributed by atoms with Gasteiger partial charge in [-0.15, -0.1) is 11.8 Å². The number of rotatable bonds is 7. The van der Waals surface area contributed by atoms with Crippen LogP contribution in [0.3, 0.4) is 0 Å². The maximum atomic E-state index is 12.5. The number of hydrogen-bond donors (Lipinski definition) is 1. The molecule has 0 spiro atoms. The van der Waals surface area contributed by atoms with E-state index in [1.54, 1.807) is 26.0 Å². The number of carbonyl (C=O) groups is 1. The highest BCUT2D eigenvalue weighted by Crippen LogP contribution is 2.34. The summed E-state index contributed by atoms with van der Waals surface area (Å²) in [7, 11) is 3.25. The van der Waals surface area contributed by atoms with E-state index < -0.39 is 0 Å². The molecule has 5 heteroatoms. The topological polar surface area (TPSA) is 47.6 Å². The van der Waals surface area contributed by atoms with E-state index in [4.69, 9.17) is 9.47 Å². The number of carbonyl (C=O) groups excluding carboxylic acids is 1. The van der Waals surface area contributed by atoms with Gasteiger partial charge in [0.1, 0.15) is 0 Å². The smallest absolute Gasteiger partial charge is 0.233 e. The Morgan fingerprint density at radius 3 is 2.52 bits per heavy atom. The second kappa shape index (κ2) is 9.06. The molecular weight excluding hydrogens is 310 g/mol. The summed E-state index contributed by atoms with van der Waals surface area (Å²) in [6.07, 6.45) is 6.78. The third-order valence-corrected chi connectivity index (χ3v) is 5.61. The molecule has 1 aromatic carbocycles. The predicted molar refractivity (Wildman–Crippen MR) is 94.5 cm³/mol. The number of ether oxygens (including phenoxy) is 2. The molecule has 1 amide bonds. The van der Waals surface area contributed by atoms with Crippen LogP contribution >= 0.6 is 11.8 Å². The molecule has 0 bridgehead atoms. The average molecular weight is 337 g/mol. The summed E-state index contributed by atoms with van der Waals surface area (Å²) < 4.78 is 10.6. The van der Waals surface area contributed by atoms with Gasteiger partial charge in [0.2, 0.25) is 5.91 Å². The van der Waals surface area contributed by atoms with Crippen LogP contribution in [-0.4, -0.2) is 31.4 Å². The molecule has 0 aliphatic heterocycles. The van der Waals surface area contributed by atoms with Crippen molar-refractivity contribution in [2.45, 2.75) is 61.6 Å². The third-order valence-electron chi connectivity index (χ3n) is 4.25. The minimum atomic E-state index is -0.0740. The minimum absolute atomic E-state index is 0.0740. The minimum Gasteiger partial charge on any atom is -0.493 e. The first-order valence-electron chi connectivity index (χ1n) is 8.37. The van der Waals surface area contributed by atoms with Gasteiger partial charge in [0.05, 0.1) is 19.5 Å². The molecule has 1 aliphatic carbocycles. The summed E-state index contributed by atoms with van der Waals surface area (Å²) in [5, 5.41) is 3.15. The van der Waals surface area contributed by atoms with Crippen molar-refractivity contribution in [1.82, 2.24) is 5.32 Å². The van der Waals surface area contributed by atoms with Crippen LogP contribution in [0.1, 0.15) is 45.4 Å². The first-order chi connectivity index (χ1) is 11.2. The zero-order valence-electron chi connectivity index (χ0n) is 14.3. The van der Waals surface area contributed by atoms with Crippen LogP contribution in [0.25, 0.3) is 0 Å². The van der Waals surface area contributed by atoms with Gasteiger partial charge >= 0.3 is 0 Å². The molecule has 1 atom stereocenters. The molecule has 0 aromatic heterocycles. The highest BCUT2D eigenvalue weighted by Gasteiger charge is 2.22. The number of hydrogen-bond acceptors (Lipinski definition) is 4. The van der Waals surface area contributed by atoms with Gasteiger partial charge in [0.15, 0.2) is 11.5 Å². The van der Waals surface area contributed by atoms with Crippen molar-refractivity contribution >= 4 is 17.7 Å². The Hall–Kier alpha value is -1.36. The first kappa shape index (κ1) is 18.0. The molecular formula is C18H27NO3S. The summed E-state index contributed by atoms with van der Waals surface area (Å²) in [5.41, 5.74) is 0. The SMILES string of the molecule is CCC(Sc1ccc(OC)c(OC)c1)C(=O)NC1CCCCC1. The molecule has 2 rings (SSSR count). The summed E-state index contributed by atoms with van der Waals surface area (Å²) in [6.45, 7) is 2.05. The van der Waals surface area contributed by atoms with E-state index in [1.807, 2.05) is 18.2 Å². The van der Waals surface area contributed by atoms with Gasteiger partial charge in [-0.3, -0.25) is 4.79 Å². The fraction of sp³-hybridized carbons (Fsp3) is 0.611. The molecule has 128 valence electrons. The predicted octanol–water partition coefficient (Wildman–Crippen LogP) is 4.02. The molecule has 1 aliphatic rings. The zero-order valence-corrected chi connectivity index (χ0v) is 15.1. The van der Waals surface area contributed by atoms with Gasteiger partial charge in [-0.1, -0.05) is 26.2 Å². The number of thioether (sulfide) groups is 1. The maximum absolute atomic E-state index is 12.5. The van der Waals surface area contributed by atoms with Crippen LogP contribution in [0.5, 0.6) is 11.5 Å². The summed E-state index contributed by atoms with van der Waals surface area (Å²) >= 11 is 1.59. The fourth-order valence-electron chi connectivity index (χ4n) is 2.92. The Kier molecular flexibility index (Phi) is 7.09. The molecule has 1 aromatic rings. The standard InChI is InChI=1S/C18H27NO3S/c1-4-17(18(20)19-13-8-6-5-7-9-13)23-14-10-11-15(21-2)16(12-14)22-3/h10-13,17H,4-9H2,1-3H3,(H,19,20). The quantitative estimate of drug-likeness (QED) is 0.763. The van der Waals surface area contributed by atoms with Crippen molar-refractivity contribution in [3.8, 4) is 11.5 Å². The van der Waals surface area contributed by atoms with E-state index in [0.29, 0.717) is 17.5 Å². The fourth-order valence-corrected chi connectivity index (χ4v) is 3.91. The van der Waals surface area contributed by atoms with Crippen LogP contribution in [0.4, 0.5) is 0 Å². The lowest BCUT2D eigenvalue weighted by atomic mass is 9.95. The Labute approximate surface area is 143 Å². The van der Waals surface area contributed by atoms with Gasteiger partial charge in [-0.25, -0.2) is 0 Å². The van der Waals surface area contributed by atoms with Gasteiger partial charge in [-0.05, 0) is 37.5 Å². The van der Waals surface area contributed by atoms with Gasteiger partial charge in [0, 0.05) is 10.9 Å². The normalized spacial score (nSPS) is 16.7. The van der Waals surface area contributed by atoms with Gasteiger partial charge in [-0.2, -0.15) is 0 Å². The molecule has 0 heterocycles. The number of nitrogens with one attached hydrogen (secondary N) is 1. The zero-order chi connectivity index (χ0) is 16.7. The molecule has 4 nitrogen and oxygen atoms in total. The molecule has 1 N–H and O–H groups in total. The number of amides is 1. The summed E-state index contributed by atoms with van der Waals surface area (Å²) in [4.78, 5) is 13.6. The van der Waals surface area contributed by atoms with E-state index in [1.165, 1.54) is 19.3 Å². The highest BCUT2D eigenvalue weighted by atomic mass is 32.2. The van der Waals surface area contributed by atoms with E-state index in [9.17, 15) is 4.79 Å². The van der Waals surface area contributed by atoms with Gasteiger partial charge in [0.25, 0.3) is 0 Å². The first-order valence-corrected chi connectivity index (χ1v) is 9.25. The lowest BCUT2D eigenvalue weighted by molar-refractivity contribution is -0.121. The second-order valence-corrected chi connectivity index (χ2v) is 7.15. The molecule has 1 saturated carbocycles. The molecule has 23 heavy (non-hydrogen) atoms. The lowest BCUT2D eigenvalue weighted by Gasteiger charge is -2.25. The van der Waals surface area contributed by atoms with Crippen molar-refractivity contribution in [2.75, 3.05) is 14.2 Å². The van der Waals surface area contributed by atoms with Crippen molar-refractivity contribution in [1.29, 1.82) is 0 Å². The second-order valence-electron chi connectivity index (χ2n) is 5.88. The number of benzene rings is 1. The Morgan fingerprint density at radius 1 is 1.22 bits per heavy atom. The summed E-state index contributed by atoms with van der Waals surface area (Å²) in [6, 6.07) is 6.14. The van der Waals surface area contributed by atoms with Crippen LogP contribution in [0.15, 0.2) is 23.1 Å². The largest absolute Gasteiger partial charge is 0.493 e. The van der Waals surface area contributed by atoms with E-state index in [-0.39, 0.29) is 11.2 Å². The lowest BCUT2D eigenvalue weighted by Crippen LogP contribution is -2.41. The Balaban J connectivity index is 1.99. The number of methoxy groups -OCH3 is 2. The van der Waals surface area contributed by atoms with Crippen molar-refractivity contribution in [3.63, 3.8) is 0 Å². The van der Waals surface area contributed by atoms with Gasteiger partial charge < -0.3 is 14.8 Å². The average Bonchev–Trinajstić information content (AvgIpc) is 2.60. The van der Waals surface area contributed by atoms with Crippen molar-refractivity contribution in [3.05, 3.63) is 18.2 Å². The van der Waals surface area contributed by atoms with E-state index in [2.05, 4.69) is 12.2 Å². The molecule has 1 fully saturated rings. The van der Waals surface area contributed by atoms with Crippen molar-refractivity contribution < 1.29 is 14.3 Å². The monoisotopic (exact) mass is 337 g/mol. The van der Waals surface area contributed by atoms with E-state index in [0.717, 1.165) is 24.2 Å². The Bertz CT molecular complexity index is 515. The van der Waals surface area contributed by atoms with Crippen LogP contribution in [-0.2, 0) is 4.79 Å². The van der Waals surface area contributed by atoms with Crippen LogP contribution < -0.4 is 14.8 Å². The highest BCUT2D eigenvalue weighted by molar-refractivity contribution is 8.00. The third kappa shape index (κ3) is 5.06. The van der Waals surface area contributed by atoms with Crippen LogP contribution in [0, 0.1) is 0 Å². The van der Waals surface area contributed by atoms with E-state index >= 15 is 0 Å². The van der Waals surface area contributed by atoms with Crippen LogP contribution in [0.2, 0.25) is 0 Å². The summed E-state index contributed by atoms with van der Waals surface area (Å²) in [5.74, 6) is 1.55. The maximum Gasteiger partial charge on any atom is 0.233 e. The molecule has 1 unspecified atom stereocenters. The molecule has 0 saturated heterocycles. The Morgan fingerprint density at radius 2 is 1.91 bits per heavy atom. The molecule has 0 radical (unpaired) electrons.